The zero-order valence-electron chi connectivity index (χ0n) is 12.8. The summed E-state index contributed by atoms with van der Waals surface area (Å²) in [6.07, 6.45) is 0.954. The van der Waals surface area contributed by atoms with Gasteiger partial charge in [-0.1, -0.05) is 20.8 Å². The number of nitrogens with zero attached hydrogens (tertiary/aromatic N) is 2. The van der Waals surface area contributed by atoms with Gasteiger partial charge in [0.15, 0.2) is 0 Å². The Bertz CT molecular complexity index is 456. The monoisotopic (exact) mass is 267 g/mol. The molecule has 0 bridgehead atoms. The molecule has 108 valence electrons. The summed E-state index contributed by atoms with van der Waals surface area (Å²) in [5, 5.41) is 4.41. The molecule has 0 radical (unpaired) electrons. The molecule has 5 nitrogen and oxygen atoms in total. The van der Waals surface area contributed by atoms with E-state index in [0.717, 1.165) is 12.1 Å². The van der Waals surface area contributed by atoms with Gasteiger partial charge in [0.05, 0.1) is 5.69 Å². The van der Waals surface area contributed by atoms with Crippen LogP contribution in [-0.2, 0) is 21.5 Å². The molecule has 0 aliphatic heterocycles. The number of ether oxygens (including phenoxy) is 1. The molecule has 0 fully saturated rings. The average molecular weight is 267 g/mol. The Hall–Kier alpha value is -1.52. The zero-order chi connectivity index (χ0) is 14.8. The van der Waals surface area contributed by atoms with Crippen LogP contribution in [0.1, 0.15) is 53.7 Å². The normalized spacial score (nSPS) is 12.5. The molecule has 0 saturated heterocycles. The molecule has 0 aliphatic carbocycles. The second kappa shape index (κ2) is 5.23. The van der Waals surface area contributed by atoms with E-state index in [1.165, 1.54) is 4.68 Å². The number of rotatable bonds is 4. The van der Waals surface area contributed by atoms with E-state index in [2.05, 4.69) is 25.9 Å². The van der Waals surface area contributed by atoms with Gasteiger partial charge in [0.1, 0.15) is 18.0 Å². The number of hydrogen-bond acceptors (Lipinski definition) is 4. The lowest BCUT2D eigenvalue weighted by Crippen LogP contribution is -2.27. The molecule has 0 aliphatic rings. The molecule has 0 spiro atoms. The Labute approximate surface area is 115 Å². The molecule has 0 atom stereocenters. The lowest BCUT2D eigenvalue weighted by atomic mass is 9.87. The first-order valence-corrected chi connectivity index (χ1v) is 6.61. The first-order chi connectivity index (χ1) is 8.55. The molecule has 0 saturated carbocycles. The lowest BCUT2D eigenvalue weighted by molar-refractivity contribution is -0.155. The number of carbonyl (C=O) groups is 1. The molecule has 2 N–H and O–H groups in total. The standard InChI is InChI=1S/C14H25N3O2/c1-7-14(5,6)10-8-11(15)17(16-10)9-12(18)19-13(2,3)4/h8H,7,9,15H2,1-6H3. The lowest BCUT2D eigenvalue weighted by Gasteiger charge is -2.20. The van der Waals surface area contributed by atoms with Gasteiger partial charge in [-0.2, -0.15) is 5.10 Å². The Morgan fingerprint density at radius 1 is 1.37 bits per heavy atom. The fourth-order valence-corrected chi connectivity index (χ4v) is 1.57. The number of nitrogens with two attached hydrogens (primary N) is 1. The van der Waals surface area contributed by atoms with Crippen LogP contribution < -0.4 is 5.73 Å². The molecule has 1 heterocycles. The first kappa shape index (κ1) is 15.5. The summed E-state index contributed by atoms with van der Waals surface area (Å²) in [5.41, 5.74) is 6.25. The molecule has 0 unspecified atom stereocenters. The van der Waals surface area contributed by atoms with Gasteiger partial charge in [-0.25, -0.2) is 4.68 Å². The van der Waals surface area contributed by atoms with E-state index in [0.29, 0.717) is 5.82 Å². The summed E-state index contributed by atoms with van der Waals surface area (Å²) in [6.45, 7) is 11.9. The maximum atomic E-state index is 11.8. The number of hydrogen-bond donors (Lipinski definition) is 1. The van der Waals surface area contributed by atoms with Crippen molar-refractivity contribution < 1.29 is 9.53 Å². The summed E-state index contributed by atoms with van der Waals surface area (Å²) in [4.78, 5) is 11.8. The molecular formula is C14H25N3O2. The van der Waals surface area contributed by atoms with Crippen molar-refractivity contribution in [3.63, 3.8) is 0 Å². The van der Waals surface area contributed by atoms with Crippen molar-refractivity contribution in [1.29, 1.82) is 0 Å². The van der Waals surface area contributed by atoms with Crippen LogP contribution in [0.4, 0.5) is 5.82 Å². The number of carbonyl (C=O) groups excluding carboxylic acids is 1. The number of esters is 1. The third-order valence-corrected chi connectivity index (χ3v) is 3.09. The Kier molecular flexibility index (Phi) is 4.28. The SMILES string of the molecule is CCC(C)(C)c1cc(N)n(CC(=O)OC(C)(C)C)n1. The van der Waals surface area contributed by atoms with Crippen LogP contribution in [0.3, 0.4) is 0 Å². The maximum absolute atomic E-state index is 11.8. The maximum Gasteiger partial charge on any atom is 0.328 e. The average Bonchev–Trinajstić information content (AvgIpc) is 2.58. The highest BCUT2D eigenvalue weighted by Gasteiger charge is 2.24. The minimum atomic E-state index is -0.496. The van der Waals surface area contributed by atoms with Crippen molar-refractivity contribution in [2.45, 2.75) is 65.5 Å². The predicted octanol–water partition coefficient (Wildman–Crippen LogP) is 2.49. The van der Waals surface area contributed by atoms with Gasteiger partial charge in [-0.05, 0) is 27.2 Å². The van der Waals surface area contributed by atoms with Crippen molar-refractivity contribution in [2.24, 2.45) is 0 Å². The van der Waals surface area contributed by atoms with Crippen molar-refractivity contribution >= 4 is 11.8 Å². The second-order valence-corrected chi connectivity index (χ2v) is 6.44. The van der Waals surface area contributed by atoms with Crippen LogP contribution in [0, 0.1) is 0 Å². The van der Waals surface area contributed by atoms with Crippen LogP contribution in [0.5, 0.6) is 0 Å². The van der Waals surface area contributed by atoms with E-state index in [4.69, 9.17) is 10.5 Å². The highest BCUT2D eigenvalue weighted by Crippen LogP contribution is 2.26. The Morgan fingerprint density at radius 2 is 1.95 bits per heavy atom. The van der Waals surface area contributed by atoms with E-state index in [1.807, 2.05) is 26.8 Å². The minimum Gasteiger partial charge on any atom is -0.459 e. The molecule has 19 heavy (non-hydrogen) atoms. The van der Waals surface area contributed by atoms with Crippen LogP contribution in [-0.4, -0.2) is 21.4 Å². The Balaban J connectivity index is 2.84. The van der Waals surface area contributed by atoms with Crippen molar-refractivity contribution in [2.75, 3.05) is 5.73 Å². The highest BCUT2D eigenvalue weighted by molar-refractivity contribution is 5.70. The van der Waals surface area contributed by atoms with E-state index >= 15 is 0 Å². The second-order valence-electron chi connectivity index (χ2n) is 6.44. The molecule has 1 aromatic rings. The van der Waals surface area contributed by atoms with Crippen LogP contribution >= 0.6 is 0 Å². The van der Waals surface area contributed by atoms with Crippen molar-refractivity contribution in [3.05, 3.63) is 11.8 Å². The molecule has 5 heteroatoms. The fraction of sp³-hybridized carbons (Fsp3) is 0.714. The van der Waals surface area contributed by atoms with Gasteiger partial charge in [0.2, 0.25) is 0 Å². The van der Waals surface area contributed by atoms with Crippen molar-refractivity contribution in [1.82, 2.24) is 9.78 Å². The van der Waals surface area contributed by atoms with Gasteiger partial charge in [0, 0.05) is 11.5 Å². The van der Waals surface area contributed by atoms with Gasteiger partial charge in [-0.15, -0.1) is 0 Å². The summed E-state index contributed by atoms with van der Waals surface area (Å²) in [6, 6.07) is 1.83. The highest BCUT2D eigenvalue weighted by atomic mass is 16.6. The zero-order valence-corrected chi connectivity index (χ0v) is 12.8. The van der Waals surface area contributed by atoms with E-state index < -0.39 is 5.60 Å². The summed E-state index contributed by atoms with van der Waals surface area (Å²) in [7, 11) is 0. The largest absolute Gasteiger partial charge is 0.459 e. The third-order valence-electron chi connectivity index (χ3n) is 3.09. The number of nitrogen functional groups attached to an aromatic ring is 1. The molecule has 1 rings (SSSR count). The van der Waals surface area contributed by atoms with Gasteiger partial charge in [-0.3, -0.25) is 4.79 Å². The van der Waals surface area contributed by atoms with E-state index in [1.54, 1.807) is 0 Å². The fourth-order valence-electron chi connectivity index (χ4n) is 1.57. The topological polar surface area (TPSA) is 70.1 Å². The smallest absolute Gasteiger partial charge is 0.328 e. The number of anilines is 1. The first-order valence-electron chi connectivity index (χ1n) is 6.61. The number of aromatic nitrogens is 2. The minimum absolute atomic E-state index is 0.0445. The predicted molar refractivity (Wildman–Crippen MR) is 75.8 cm³/mol. The van der Waals surface area contributed by atoms with Gasteiger partial charge >= 0.3 is 5.97 Å². The van der Waals surface area contributed by atoms with Crippen molar-refractivity contribution in [3.8, 4) is 0 Å². The van der Waals surface area contributed by atoms with Crippen LogP contribution in [0.15, 0.2) is 6.07 Å². The quantitative estimate of drug-likeness (QED) is 0.851. The summed E-state index contributed by atoms with van der Waals surface area (Å²) in [5.74, 6) is 0.158. The van der Waals surface area contributed by atoms with E-state index in [-0.39, 0.29) is 17.9 Å². The third kappa shape index (κ3) is 4.26. The Morgan fingerprint density at radius 3 is 2.42 bits per heavy atom. The van der Waals surface area contributed by atoms with Crippen LogP contribution in [0.25, 0.3) is 0 Å². The molecule has 0 aromatic carbocycles. The van der Waals surface area contributed by atoms with Gasteiger partial charge < -0.3 is 10.5 Å². The summed E-state index contributed by atoms with van der Waals surface area (Å²) >= 11 is 0. The van der Waals surface area contributed by atoms with Gasteiger partial charge in [0.25, 0.3) is 0 Å². The van der Waals surface area contributed by atoms with E-state index in [9.17, 15) is 4.79 Å². The summed E-state index contributed by atoms with van der Waals surface area (Å²) < 4.78 is 6.76. The molecule has 0 amide bonds. The molecule has 1 aromatic heterocycles. The molecular weight excluding hydrogens is 242 g/mol. The van der Waals surface area contributed by atoms with Crippen LogP contribution in [0.2, 0.25) is 0 Å².